The van der Waals surface area contributed by atoms with Crippen LogP contribution in [0.25, 0.3) is 0 Å². The van der Waals surface area contributed by atoms with Crippen molar-refractivity contribution in [3.05, 3.63) is 0 Å². The topological polar surface area (TPSA) is 72.8 Å². The summed E-state index contributed by atoms with van der Waals surface area (Å²) in [6.45, 7) is 3.64. The average Bonchev–Trinajstić information content (AvgIpc) is 2.32. The van der Waals surface area contributed by atoms with Crippen LogP contribution in [0, 0.1) is 11.8 Å². The zero-order valence-corrected chi connectivity index (χ0v) is 10.6. The first-order chi connectivity index (χ1) is 8.51. The fourth-order valence-corrected chi connectivity index (χ4v) is 2.16. The van der Waals surface area contributed by atoms with Crippen molar-refractivity contribution in [3.63, 3.8) is 0 Å². The Morgan fingerprint density at radius 2 is 1.56 bits per heavy atom. The molecule has 4 atom stereocenters. The molecule has 1 aliphatic carbocycles. The second-order valence-electron chi connectivity index (χ2n) is 4.27. The summed E-state index contributed by atoms with van der Waals surface area (Å²) >= 11 is 0. The first kappa shape index (κ1) is 14.9. The second kappa shape index (κ2) is 6.68. The maximum absolute atomic E-state index is 13.4. The minimum Gasteiger partial charge on any atom is -0.466 e. The number of aliphatic hydroxyl groups excluding tert-OH is 1. The van der Waals surface area contributed by atoms with Crippen molar-refractivity contribution >= 4 is 11.9 Å². The smallest absolute Gasteiger partial charge is 0.309 e. The van der Waals surface area contributed by atoms with Gasteiger partial charge in [0.1, 0.15) is 6.17 Å². The molecule has 0 amide bonds. The summed E-state index contributed by atoms with van der Waals surface area (Å²) < 4.78 is 23.1. The van der Waals surface area contributed by atoms with Crippen molar-refractivity contribution in [2.45, 2.75) is 39.0 Å². The third kappa shape index (κ3) is 3.41. The number of halogens is 1. The van der Waals surface area contributed by atoms with Gasteiger partial charge < -0.3 is 14.6 Å². The Morgan fingerprint density at radius 1 is 1.11 bits per heavy atom. The van der Waals surface area contributed by atoms with Crippen LogP contribution in [0.5, 0.6) is 0 Å². The predicted molar refractivity (Wildman–Crippen MR) is 60.4 cm³/mol. The van der Waals surface area contributed by atoms with Gasteiger partial charge in [-0.3, -0.25) is 9.59 Å². The van der Waals surface area contributed by atoms with Crippen LogP contribution >= 0.6 is 0 Å². The van der Waals surface area contributed by atoms with E-state index in [1.807, 2.05) is 0 Å². The fourth-order valence-electron chi connectivity index (χ4n) is 2.16. The largest absolute Gasteiger partial charge is 0.466 e. The quantitative estimate of drug-likeness (QED) is 0.760. The normalized spacial score (nSPS) is 31.8. The number of ether oxygens (including phenoxy) is 2. The molecule has 18 heavy (non-hydrogen) atoms. The third-order valence-corrected chi connectivity index (χ3v) is 3.06. The molecule has 0 aromatic carbocycles. The zero-order valence-electron chi connectivity index (χ0n) is 10.6. The first-order valence-electron chi connectivity index (χ1n) is 6.16. The summed E-state index contributed by atoms with van der Waals surface area (Å²) in [6, 6.07) is 0. The summed E-state index contributed by atoms with van der Waals surface area (Å²) in [5, 5.41) is 9.46. The molecule has 0 saturated heterocycles. The Labute approximate surface area is 105 Å². The molecule has 1 rings (SSSR count). The van der Waals surface area contributed by atoms with Crippen molar-refractivity contribution in [1.82, 2.24) is 0 Å². The minimum absolute atomic E-state index is 0.108. The molecular formula is C12H19FO5. The zero-order chi connectivity index (χ0) is 13.7. The number of carbonyl (C=O) groups is 2. The van der Waals surface area contributed by atoms with Gasteiger partial charge in [-0.15, -0.1) is 0 Å². The van der Waals surface area contributed by atoms with Gasteiger partial charge in [-0.05, 0) is 26.7 Å². The minimum atomic E-state index is -1.51. The van der Waals surface area contributed by atoms with Crippen molar-refractivity contribution in [1.29, 1.82) is 0 Å². The lowest BCUT2D eigenvalue weighted by Crippen LogP contribution is -2.44. The van der Waals surface area contributed by atoms with Crippen LogP contribution in [0.4, 0.5) is 4.39 Å². The van der Waals surface area contributed by atoms with E-state index in [9.17, 15) is 19.1 Å². The molecule has 104 valence electrons. The number of carbonyl (C=O) groups excluding carboxylic acids is 2. The van der Waals surface area contributed by atoms with E-state index in [4.69, 9.17) is 9.47 Å². The summed E-state index contributed by atoms with van der Waals surface area (Å²) in [6.07, 6.45) is -3.05. The molecule has 1 N–H and O–H groups in total. The van der Waals surface area contributed by atoms with Gasteiger partial charge in [0.2, 0.25) is 0 Å². The van der Waals surface area contributed by atoms with Crippen LogP contribution in [0.3, 0.4) is 0 Å². The predicted octanol–water partition coefficient (Wildman–Crippen LogP) is 0.838. The SMILES string of the molecule is CCOC(=O)C1CC(F)[C@@H](O)CC1C(=O)OCC. The number of aliphatic hydroxyl groups is 1. The van der Waals surface area contributed by atoms with E-state index >= 15 is 0 Å². The molecule has 0 bridgehead atoms. The van der Waals surface area contributed by atoms with Gasteiger partial charge in [0.15, 0.2) is 0 Å². The van der Waals surface area contributed by atoms with Gasteiger partial charge in [-0.25, -0.2) is 4.39 Å². The van der Waals surface area contributed by atoms with Gasteiger partial charge in [0.25, 0.3) is 0 Å². The van der Waals surface area contributed by atoms with Gasteiger partial charge in [-0.1, -0.05) is 0 Å². The number of hydrogen-bond acceptors (Lipinski definition) is 5. The maximum Gasteiger partial charge on any atom is 0.309 e. The van der Waals surface area contributed by atoms with Gasteiger partial charge >= 0.3 is 11.9 Å². The molecule has 1 saturated carbocycles. The van der Waals surface area contributed by atoms with Gasteiger partial charge in [-0.2, -0.15) is 0 Å². The average molecular weight is 262 g/mol. The molecule has 0 aromatic rings. The molecule has 1 aliphatic rings. The molecule has 0 heterocycles. The Morgan fingerprint density at radius 3 is 2.00 bits per heavy atom. The highest BCUT2D eigenvalue weighted by atomic mass is 19.1. The molecule has 6 heteroatoms. The molecule has 0 radical (unpaired) electrons. The molecule has 0 aromatic heterocycles. The van der Waals surface area contributed by atoms with E-state index in [0.717, 1.165) is 0 Å². The first-order valence-corrected chi connectivity index (χ1v) is 6.16. The summed E-state index contributed by atoms with van der Waals surface area (Å²) in [5.74, 6) is -2.89. The molecular weight excluding hydrogens is 243 g/mol. The van der Waals surface area contributed by atoms with E-state index in [-0.39, 0.29) is 26.1 Å². The third-order valence-electron chi connectivity index (χ3n) is 3.06. The fraction of sp³-hybridized carbons (Fsp3) is 0.833. The number of rotatable bonds is 4. The van der Waals surface area contributed by atoms with Crippen LogP contribution in [0.1, 0.15) is 26.7 Å². The van der Waals surface area contributed by atoms with E-state index in [0.29, 0.717) is 0 Å². The summed E-state index contributed by atoms with van der Waals surface area (Å²) in [4.78, 5) is 23.4. The standard InChI is InChI=1S/C12H19FO5/c1-3-17-11(15)7-5-9(13)10(14)6-8(7)12(16)18-4-2/h7-10,14H,3-6H2,1-2H3/t7?,8?,9?,10-/m0/s1. The highest BCUT2D eigenvalue weighted by Crippen LogP contribution is 2.34. The Bertz CT molecular complexity index is 277. The second-order valence-corrected chi connectivity index (χ2v) is 4.27. The Balaban J connectivity index is 2.80. The highest BCUT2D eigenvalue weighted by molar-refractivity contribution is 5.82. The van der Waals surface area contributed by atoms with Gasteiger partial charge in [0.05, 0.1) is 31.2 Å². The molecule has 0 aliphatic heterocycles. The maximum atomic E-state index is 13.4. The van der Waals surface area contributed by atoms with Gasteiger partial charge in [0, 0.05) is 0 Å². The Hall–Kier alpha value is -1.17. The molecule has 3 unspecified atom stereocenters. The van der Waals surface area contributed by atoms with Crippen LogP contribution < -0.4 is 0 Å². The molecule has 5 nitrogen and oxygen atoms in total. The lowest BCUT2D eigenvalue weighted by atomic mass is 9.77. The number of esters is 2. The van der Waals surface area contributed by atoms with Crippen molar-refractivity contribution < 1.29 is 28.6 Å². The molecule has 0 spiro atoms. The van der Waals surface area contributed by atoms with Crippen molar-refractivity contribution in [2.75, 3.05) is 13.2 Å². The number of alkyl halides is 1. The van der Waals surface area contributed by atoms with Crippen LogP contribution in [0.2, 0.25) is 0 Å². The van der Waals surface area contributed by atoms with E-state index in [1.54, 1.807) is 13.8 Å². The van der Waals surface area contributed by atoms with Crippen molar-refractivity contribution in [2.24, 2.45) is 11.8 Å². The lowest BCUT2D eigenvalue weighted by Gasteiger charge is -2.33. The molecule has 1 fully saturated rings. The lowest BCUT2D eigenvalue weighted by molar-refractivity contribution is -0.167. The number of hydrogen-bond donors (Lipinski definition) is 1. The van der Waals surface area contributed by atoms with E-state index < -0.39 is 36.1 Å². The monoisotopic (exact) mass is 262 g/mol. The van der Waals surface area contributed by atoms with Crippen molar-refractivity contribution in [3.8, 4) is 0 Å². The van der Waals surface area contributed by atoms with Crippen LogP contribution in [-0.2, 0) is 19.1 Å². The van der Waals surface area contributed by atoms with Crippen LogP contribution in [0.15, 0.2) is 0 Å². The van der Waals surface area contributed by atoms with Crippen LogP contribution in [-0.4, -0.2) is 42.5 Å². The Kier molecular flexibility index (Phi) is 5.53. The van der Waals surface area contributed by atoms with E-state index in [2.05, 4.69) is 0 Å². The highest BCUT2D eigenvalue weighted by Gasteiger charge is 2.45. The summed E-state index contributed by atoms with van der Waals surface area (Å²) in [5.41, 5.74) is 0. The summed E-state index contributed by atoms with van der Waals surface area (Å²) in [7, 11) is 0. The van der Waals surface area contributed by atoms with E-state index in [1.165, 1.54) is 0 Å².